The summed E-state index contributed by atoms with van der Waals surface area (Å²) in [5.41, 5.74) is 1.09. The summed E-state index contributed by atoms with van der Waals surface area (Å²) < 4.78 is 5.59. The van der Waals surface area contributed by atoms with Gasteiger partial charge in [0.05, 0.1) is 5.92 Å². The van der Waals surface area contributed by atoms with Crippen LogP contribution < -0.4 is 4.74 Å². The largest absolute Gasteiger partial charge is 0.492 e. The highest BCUT2D eigenvalue weighted by Gasteiger charge is 2.29. The number of carbonyl (C=O) groups excluding carboxylic acids is 1. The SMILES string of the molecule is CCCCCCCCCCC(=O)C1COc2ccccc21. The van der Waals surface area contributed by atoms with Crippen LogP contribution in [0.1, 0.15) is 76.2 Å². The zero-order chi connectivity index (χ0) is 14.9. The Morgan fingerprint density at radius 1 is 1.05 bits per heavy atom. The molecule has 2 nitrogen and oxygen atoms in total. The second kappa shape index (κ2) is 8.86. The van der Waals surface area contributed by atoms with Crippen molar-refractivity contribution in [3.05, 3.63) is 29.8 Å². The fourth-order valence-corrected chi connectivity index (χ4v) is 3.04. The fraction of sp³-hybridized carbons (Fsp3) is 0.632. The normalized spacial score (nSPS) is 16.5. The number of Topliss-reactive ketones (excluding diaryl/α,β-unsaturated/α-hetero) is 1. The maximum absolute atomic E-state index is 12.3. The molecular formula is C19H28O2. The van der Waals surface area contributed by atoms with Gasteiger partial charge >= 0.3 is 0 Å². The molecule has 1 heterocycles. The predicted molar refractivity (Wildman–Crippen MR) is 86.9 cm³/mol. The number of fused-ring (bicyclic) bond motifs is 1. The summed E-state index contributed by atoms with van der Waals surface area (Å²) in [7, 11) is 0. The van der Waals surface area contributed by atoms with Gasteiger partial charge in [0.15, 0.2) is 0 Å². The smallest absolute Gasteiger partial charge is 0.143 e. The van der Waals surface area contributed by atoms with E-state index < -0.39 is 0 Å². The first kappa shape index (κ1) is 16.1. The highest BCUT2D eigenvalue weighted by atomic mass is 16.5. The van der Waals surface area contributed by atoms with E-state index in [0.29, 0.717) is 18.8 Å². The van der Waals surface area contributed by atoms with Crippen LogP contribution in [0.25, 0.3) is 0 Å². The first-order chi connectivity index (χ1) is 10.3. The van der Waals surface area contributed by atoms with Crippen LogP contribution in [0, 0.1) is 0 Å². The highest BCUT2D eigenvalue weighted by Crippen LogP contribution is 2.34. The maximum atomic E-state index is 12.3. The molecule has 1 aromatic rings. The lowest BCUT2D eigenvalue weighted by molar-refractivity contribution is -0.120. The molecule has 1 aliphatic heterocycles. The van der Waals surface area contributed by atoms with E-state index in [0.717, 1.165) is 17.7 Å². The van der Waals surface area contributed by atoms with Crippen LogP contribution in [-0.2, 0) is 4.79 Å². The summed E-state index contributed by atoms with van der Waals surface area (Å²) in [6, 6.07) is 7.94. The third-order valence-corrected chi connectivity index (χ3v) is 4.37. The molecule has 0 saturated heterocycles. The molecule has 0 saturated carbocycles. The van der Waals surface area contributed by atoms with Gasteiger partial charge in [-0.2, -0.15) is 0 Å². The highest BCUT2D eigenvalue weighted by molar-refractivity contribution is 5.87. The van der Waals surface area contributed by atoms with Crippen molar-refractivity contribution in [2.24, 2.45) is 0 Å². The Kier molecular flexibility index (Phi) is 6.78. The first-order valence-corrected chi connectivity index (χ1v) is 8.57. The predicted octanol–water partition coefficient (Wildman–Crippen LogP) is 5.26. The third-order valence-electron chi connectivity index (χ3n) is 4.37. The number of carbonyl (C=O) groups is 1. The minimum Gasteiger partial charge on any atom is -0.492 e. The number of unbranched alkanes of at least 4 members (excludes halogenated alkanes) is 7. The molecule has 0 aliphatic carbocycles. The monoisotopic (exact) mass is 288 g/mol. The Balaban J connectivity index is 1.61. The summed E-state index contributed by atoms with van der Waals surface area (Å²) in [5.74, 6) is 1.23. The van der Waals surface area contributed by atoms with Crippen LogP contribution in [0.2, 0.25) is 0 Å². The molecule has 1 atom stereocenters. The lowest BCUT2D eigenvalue weighted by Crippen LogP contribution is -2.13. The van der Waals surface area contributed by atoms with Gasteiger partial charge in [-0.05, 0) is 12.5 Å². The fourth-order valence-electron chi connectivity index (χ4n) is 3.04. The Morgan fingerprint density at radius 3 is 2.48 bits per heavy atom. The number of ketones is 1. The van der Waals surface area contributed by atoms with E-state index in [4.69, 9.17) is 4.74 Å². The van der Waals surface area contributed by atoms with Gasteiger partial charge in [-0.15, -0.1) is 0 Å². The van der Waals surface area contributed by atoms with E-state index in [1.165, 1.54) is 44.9 Å². The third kappa shape index (κ3) is 4.87. The zero-order valence-electron chi connectivity index (χ0n) is 13.3. The summed E-state index contributed by atoms with van der Waals surface area (Å²) in [4.78, 5) is 12.3. The van der Waals surface area contributed by atoms with Crippen molar-refractivity contribution in [3.63, 3.8) is 0 Å². The lowest BCUT2D eigenvalue weighted by Gasteiger charge is -2.07. The van der Waals surface area contributed by atoms with Gasteiger partial charge in [0.1, 0.15) is 18.1 Å². The minimum atomic E-state index is -0.0224. The quantitative estimate of drug-likeness (QED) is 0.549. The van der Waals surface area contributed by atoms with Crippen molar-refractivity contribution < 1.29 is 9.53 Å². The van der Waals surface area contributed by atoms with Gasteiger partial charge in [-0.3, -0.25) is 4.79 Å². The Morgan fingerprint density at radius 2 is 1.71 bits per heavy atom. The van der Waals surface area contributed by atoms with Gasteiger partial charge < -0.3 is 4.74 Å². The number of para-hydroxylation sites is 1. The molecule has 21 heavy (non-hydrogen) atoms. The molecule has 1 aromatic carbocycles. The summed E-state index contributed by atoms with van der Waals surface area (Å²) in [6.45, 7) is 2.78. The number of hydrogen-bond acceptors (Lipinski definition) is 2. The average molecular weight is 288 g/mol. The molecule has 0 bridgehead atoms. The summed E-state index contributed by atoms with van der Waals surface area (Å²) in [5, 5.41) is 0. The molecule has 1 aliphatic rings. The Hall–Kier alpha value is -1.31. The number of benzene rings is 1. The number of hydrogen-bond donors (Lipinski definition) is 0. The van der Waals surface area contributed by atoms with E-state index in [9.17, 15) is 4.79 Å². The van der Waals surface area contributed by atoms with Gasteiger partial charge in [0.2, 0.25) is 0 Å². The summed E-state index contributed by atoms with van der Waals surface area (Å²) >= 11 is 0. The molecular weight excluding hydrogens is 260 g/mol. The van der Waals surface area contributed by atoms with Gasteiger partial charge in [0, 0.05) is 12.0 Å². The van der Waals surface area contributed by atoms with Crippen molar-refractivity contribution in [2.45, 2.75) is 70.6 Å². The van der Waals surface area contributed by atoms with Crippen LogP contribution in [-0.4, -0.2) is 12.4 Å². The molecule has 116 valence electrons. The van der Waals surface area contributed by atoms with E-state index in [2.05, 4.69) is 6.92 Å². The van der Waals surface area contributed by atoms with Crippen molar-refractivity contribution in [1.29, 1.82) is 0 Å². The van der Waals surface area contributed by atoms with Crippen molar-refractivity contribution in [2.75, 3.05) is 6.61 Å². The average Bonchev–Trinajstić information content (AvgIpc) is 2.94. The van der Waals surface area contributed by atoms with Crippen molar-refractivity contribution >= 4 is 5.78 Å². The van der Waals surface area contributed by atoms with Crippen LogP contribution in [0.15, 0.2) is 24.3 Å². The maximum Gasteiger partial charge on any atom is 0.143 e. The van der Waals surface area contributed by atoms with E-state index >= 15 is 0 Å². The second-order valence-electron chi connectivity index (χ2n) is 6.09. The van der Waals surface area contributed by atoms with Gasteiger partial charge in [-0.25, -0.2) is 0 Å². The zero-order valence-corrected chi connectivity index (χ0v) is 13.3. The van der Waals surface area contributed by atoms with Gasteiger partial charge in [0.25, 0.3) is 0 Å². The molecule has 0 amide bonds. The van der Waals surface area contributed by atoms with Crippen LogP contribution >= 0.6 is 0 Å². The molecule has 2 rings (SSSR count). The topological polar surface area (TPSA) is 26.3 Å². The lowest BCUT2D eigenvalue weighted by atomic mass is 9.93. The molecule has 0 N–H and O–H groups in total. The molecule has 1 unspecified atom stereocenters. The summed E-state index contributed by atoms with van der Waals surface area (Å²) in [6.07, 6.45) is 10.9. The number of ether oxygens (including phenoxy) is 1. The molecule has 0 radical (unpaired) electrons. The van der Waals surface area contributed by atoms with Gasteiger partial charge in [-0.1, -0.05) is 70.1 Å². The Labute approximate surface area is 128 Å². The molecule has 0 aromatic heterocycles. The number of rotatable bonds is 10. The molecule has 0 spiro atoms. The minimum absolute atomic E-state index is 0.0224. The van der Waals surface area contributed by atoms with Crippen LogP contribution in [0.4, 0.5) is 0 Å². The van der Waals surface area contributed by atoms with E-state index in [1.807, 2.05) is 24.3 Å². The van der Waals surface area contributed by atoms with Crippen LogP contribution in [0.3, 0.4) is 0 Å². The van der Waals surface area contributed by atoms with Crippen molar-refractivity contribution in [3.8, 4) is 5.75 Å². The standard InChI is InChI=1S/C19H28O2/c1-2-3-4-5-6-7-8-9-13-18(20)17-15-21-19-14-11-10-12-16(17)19/h10-12,14,17H,2-9,13,15H2,1H3. The Bertz CT molecular complexity index is 439. The first-order valence-electron chi connectivity index (χ1n) is 8.57. The molecule has 0 fully saturated rings. The van der Waals surface area contributed by atoms with E-state index in [-0.39, 0.29) is 5.92 Å². The van der Waals surface area contributed by atoms with Crippen LogP contribution in [0.5, 0.6) is 5.75 Å². The van der Waals surface area contributed by atoms with E-state index in [1.54, 1.807) is 0 Å². The molecule has 2 heteroatoms. The van der Waals surface area contributed by atoms with Crippen molar-refractivity contribution in [1.82, 2.24) is 0 Å². The second-order valence-corrected chi connectivity index (χ2v) is 6.09.